The molecule has 0 aliphatic carbocycles. The molecule has 168 valence electrons. The first-order valence-corrected chi connectivity index (χ1v) is 8.80. The lowest BCUT2D eigenvalue weighted by molar-refractivity contribution is -0.216. The van der Waals surface area contributed by atoms with Crippen LogP contribution >= 0.6 is 0 Å². The first-order valence-electron chi connectivity index (χ1n) is 8.80. The van der Waals surface area contributed by atoms with Crippen LogP contribution in [-0.2, 0) is 28.5 Å². The van der Waals surface area contributed by atoms with Crippen molar-refractivity contribution in [3.63, 3.8) is 0 Å². The summed E-state index contributed by atoms with van der Waals surface area (Å²) in [5.41, 5.74) is 0. The summed E-state index contributed by atoms with van der Waals surface area (Å²) < 4.78 is 25.5. The molecule has 12 atom stereocenters. The van der Waals surface area contributed by atoms with Crippen molar-refractivity contribution in [2.75, 3.05) is 13.2 Å². The zero-order valence-corrected chi connectivity index (χ0v) is 14.9. The van der Waals surface area contributed by atoms with Gasteiger partial charge in [0.25, 0.3) is 0 Å². The van der Waals surface area contributed by atoms with Gasteiger partial charge in [0, 0.05) is 0 Å². The van der Waals surface area contributed by atoms with Gasteiger partial charge in [0.2, 0.25) is 0 Å². The number of carbonyl (C=O) groups is 1. The SMILES string of the molecule is O=C(O)[C@H]1O[C@H](OC[C@H]2O[C@H](OC[C@H]3O[C@@H](O)[C@H](O)[C@@H]3O)[C@H](O)[C@@H]2O)[C@H](O)[C@@H]1O. The highest BCUT2D eigenvalue weighted by molar-refractivity contribution is 5.73. The van der Waals surface area contributed by atoms with E-state index in [0.29, 0.717) is 0 Å². The van der Waals surface area contributed by atoms with E-state index in [4.69, 9.17) is 28.8 Å². The maximum atomic E-state index is 10.9. The summed E-state index contributed by atoms with van der Waals surface area (Å²) in [5, 5.41) is 76.8. The fourth-order valence-electron chi connectivity index (χ4n) is 3.22. The summed E-state index contributed by atoms with van der Waals surface area (Å²) in [6.45, 7) is -0.826. The number of carboxylic acid groups (broad SMARTS) is 1. The van der Waals surface area contributed by atoms with E-state index in [1.54, 1.807) is 0 Å². The summed E-state index contributed by atoms with van der Waals surface area (Å²) >= 11 is 0. The molecule has 3 fully saturated rings. The quantitative estimate of drug-likeness (QED) is 0.189. The van der Waals surface area contributed by atoms with Crippen LogP contribution in [0.25, 0.3) is 0 Å². The van der Waals surface area contributed by atoms with Crippen molar-refractivity contribution in [3.8, 4) is 0 Å². The Morgan fingerprint density at radius 2 is 1.14 bits per heavy atom. The highest BCUT2D eigenvalue weighted by Crippen LogP contribution is 2.27. The van der Waals surface area contributed by atoms with Gasteiger partial charge in [-0.1, -0.05) is 0 Å². The lowest BCUT2D eigenvalue weighted by Crippen LogP contribution is -2.39. The van der Waals surface area contributed by atoms with Crippen LogP contribution < -0.4 is 0 Å². The number of hydrogen-bond donors (Lipinski definition) is 8. The zero-order valence-electron chi connectivity index (χ0n) is 14.9. The van der Waals surface area contributed by atoms with Crippen LogP contribution in [-0.4, -0.2) is 134 Å². The normalized spacial score (nSPS) is 50.3. The number of rotatable bonds is 7. The molecule has 0 aromatic rings. The summed E-state index contributed by atoms with van der Waals surface area (Å²) in [6, 6.07) is 0. The Morgan fingerprint density at radius 1 is 0.655 bits per heavy atom. The molecule has 0 aromatic heterocycles. The predicted octanol–water partition coefficient (Wildman–Crippen LogP) is -5.56. The molecular formula is C15H24O14. The molecule has 0 unspecified atom stereocenters. The van der Waals surface area contributed by atoms with Crippen LogP contribution in [0.15, 0.2) is 0 Å². The molecule has 0 radical (unpaired) electrons. The van der Waals surface area contributed by atoms with Crippen molar-refractivity contribution in [3.05, 3.63) is 0 Å². The number of aliphatic hydroxyl groups excluding tert-OH is 7. The van der Waals surface area contributed by atoms with E-state index in [9.17, 15) is 40.5 Å². The molecule has 14 heteroatoms. The topological polar surface area (TPSA) is 225 Å². The van der Waals surface area contributed by atoms with Crippen LogP contribution in [0.3, 0.4) is 0 Å². The molecule has 0 aromatic carbocycles. The lowest BCUT2D eigenvalue weighted by Gasteiger charge is -2.20. The Bertz CT molecular complexity index is 575. The molecule has 3 aliphatic heterocycles. The van der Waals surface area contributed by atoms with Gasteiger partial charge in [-0.15, -0.1) is 0 Å². The minimum Gasteiger partial charge on any atom is -0.479 e. The molecule has 8 N–H and O–H groups in total. The predicted molar refractivity (Wildman–Crippen MR) is 83.8 cm³/mol. The monoisotopic (exact) mass is 428 g/mol. The Kier molecular flexibility index (Phi) is 7.04. The number of aliphatic hydroxyl groups is 7. The molecule has 3 saturated heterocycles. The summed E-state index contributed by atoms with van der Waals surface area (Å²) in [6.07, 6.45) is -17.7. The minimum atomic E-state index is -1.71. The van der Waals surface area contributed by atoms with Gasteiger partial charge in [-0.05, 0) is 0 Å². The smallest absolute Gasteiger partial charge is 0.335 e. The average molecular weight is 428 g/mol. The van der Waals surface area contributed by atoms with Crippen LogP contribution in [0.4, 0.5) is 0 Å². The van der Waals surface area contributed by atoms with E-state index >= 15 is 0 Å². The molecule has 3 rings (SSSR count). The van der Waals surface area contributed by atoms with Crippen LogP contribution in [0.1, 0.15) is 0 Å². The molecule has 3 heterocycles. The highest BCUT2D eigenvalue weighted by Gasteiger charge is 2.50. The van der Waals surface area contributed by atoms with E-state index in [-0.39, 0.29) is 6.61 Å². The molecule has 0 amide bonds. The van der Waals surface area contributed by atoms with Gasteiger partial charge in [-0.2, -0.15) is 0 Å². The number of ether oxygens (including phenoxy) is 5. The molecule has 0 bridgehead atoms. The third kappa shape index (κ3) is 4.53. The van der Waals surface area contributed by atoms with Gasteiger partial charge < -0.3 is 64.5 Å². The first kappa shape index (κ1) is 22.7. The number of carboxylic acids is 1. The van der Waals surface area contributed by atoms with Crippen LogP contribution in [0.2, 0.25) is 0 Å². The number of hydrogen-bond acceptors (Lipinski definition) is 13. The molecule has 14 nitrogen and oxygen atoms in total. The van der Waals surface area contributed by atoms with Gasteiger partial charge in [0.05, 0.1) is 13.2 Å². The third-order valence-electron chi connectivity index (χ3n) is 4.97. The van der Waals surface area contributed by atoms with E-state index < -0.39 is 86.4 Å². The van der Waals surface area contributed by atoms with Gasteiger partial charge >= 0.3 is 5.97 Å². The van der Waals surface area contributed by atoms with E-state index in [2.05, 4.69) is 0 Å². The standard InChI is InChI=1S/C15H24O14/c16-5-3(27-13(24)8(5)19)1-25-14-9(20)6(17)4(28-14)2-26-15-10(21)7(18)11(29-15)12(22)23/h3-11,13-21,24H,1-2H2,(H,22,23)/t3-,4-,5-,6-,7+,8-,9-,10-,11+,13-,14+,15+/m1/s1. The minimum absolute atomic E-state index is 0.381. The van der Waals surface area contributed by atoms with Crippen molar-refractivity contribution in [2.45, 2.75) is 73.8 Å². The second-order valence-corrected chi connectivity index (χ2v) is 6.98. The fraction of sp³-hybridized carbons (Fsp3) is 0.933. The second kappa shape index (κ2) is 9.01. The molecule has 0 saturated carbocycles. The molecule has 3 aliphatic rings. The molecule has 0 spiro atoms. The van der Waals surface area contributed by atoms with Crippen molar-refractivity contribution in [2.24, 2.45) is 0 Å². The zero-order chi connectivity index (χ0) is 21.5. The van der Waals surface area contributed by atoms with Crippen molar-refractivity contribution in [1.82, 2.24) is 0 Å². The average Bonchev–Trinajstić information content (AvgIpc) is 3.21. The van der Waals surface area contributed by atoms with Crippen LogP contribution in [0.5, 0.6) is 0 Å². The Hall–Kier alpha value is -1.01. The van der Waals surface area contributed by atoms with Gasteiger partial charge in [-0.25, -0.2) is 4.79 Å². The molecule has 29 heavy (non-hydrogen) atoms. The van der Waals surface area contributed by atoms with Gasteiger partial charge in [0.15, 0.2) is 25.0 Å². The van der Waals surface area contributed by atoms with E-state index in [0.717, 1.165) is 0 Å². The lowest BCUT2D eigenvalue weighted by atomic mass is 10.1. The molecular weight excluding hydrogens is 404 g/mol. The third-order valence-corrected chi connectivity index (χ3v) is 4.97. The Labute approximate surface area is 163 Å². The largest absolute Gasteiger partial charge is 0.479 e. The van der Waals surface area contributed by atoms with Crippen molar-refractivity contribution < 1.29 is 69.3 Å². The van der Waals surface area contributed by atoms with E-state index in [1.807, 2.05) is 0 Å². The second-order valence-electron chi connectivity index (χ2n) is 6.98. The van der Waals surface area contributed by atoms with Gasteiger partial charge in [-0.3, -0.25) is 0 Å². The Balaban J connectivity index is 1.48. The maximum Gasteiger partial charge on any atom is 0.335 e. The Morgan fingerprint density at radius 3 is 1.62 bits per heavy atom. The van der Waals surface area contributed by atoms with E-state index in [1.165, 1.54) is 0 Å². The maximum absolute atomic E-state index is 10.9. The van der Waals surface area contributed by atoms with Crippen molar-refractivity contribution >= 4 is 5.97 Å². The van der Waals surface area contributed by atoms with Crippen LogP contribution in [0, 0.1) is 0 Å². The summed E-state index contributed by atoms with van der Waals surface area (Å²) in [4.78, 5) is 10.9. The summed E-state index contributed by atoms with van der Waals surface area (Å²) in [5.74, 6) is -1.49. The highest BCUT2D eigenvalue weighted by atomic mass is 16.7. The summed E-state index contributed by atoms with van der Waals surface area (Å²) in [7, 11) is 0. The van der Waals surface area contributed by atoms with Gasteiger partial charge in [0.1, 0.15) is 48.8 Å². The van der Waals surface area contributed by atoms with Crippen molar-refractivity contribution in [1.29, 1.82) is 0 Å². The number of aliphatic carboxylic acids is 1. The fourth-order valence-corrected chi connectivity index (χ4v) is 3.22. The first-order chi connectivity index (χ1) is 13.6.